The van der Waals surface area contributed by atoms with Crippen molar-refractivity contribution in [2.75, 3.05) is 18.8 Å². The average Bonchev–Trinajstić information content (AvgIpc) is 3.72. The number of hydrogen-bond donors (Lipinski definition) is 1. The molecule has 5 rings (SSSR count). The predicted octanol–water partition coefficient (Wildman–Crippen LogP) is 3.38. The number of benzene rings is 2. The number of thiophene rings is 1. The molecule has 0 bridgehead atoms. The topological polar surface area (TPSA) is 130 Å². The first-order chi connectivity index (χ1) is 19.3. The summed E-state index contributed by atoms with van der Waals surface area (Å²) < 4.78 is 0. The van der Waals surface area contributed by atoms with Gasteiger partial charge in [0, 0.05) is 29.5 Å². The quantitative estimate of drug-likeness (QED) is 0.304. The van der Waals surface area contributed by atoms with Crippen LogP contribution in [-0.4, -0.2) is 75.2 Å². The lowest BCUT2D eigenvalue weighted by Gasteiger charge is -2.28. The molecule has 0 unspecified atom stereocenters. The normalized spacial score (nSPS) is 18.9. The lowest BCUT2D eigenvalue weighted by atomic mass is 10.1. The summed E-state index contributed by atoms with van der Waals surface area (Å²) >= 11 is 2.88. The number of carbonyl (C=O) groups excluding carboxylic acids is 4. The van der Waals surface area contributed by atoms with E-state index >= 15 is 0 Å². The second-order valence-corrected chi connectivity index (χ2v) is 11.4. The number of para-hydroxylation sites is 1. The minimum absolute atomic E-state index is 0.0936. The maximum Gasteiger partial charge on any atom is 0.282 e. The van der Waals surface area contributed by atoms with Crippen LogP contribution < -0.4 is 5.32 Å². The van der Waals surface area contributed by atoms with Crippen molar-refractivity contribution in [1.82, 2.24) is 15.1 Å². The van der Waals surface area contributed by atoms with Crippen LogP contribution >= 0.6 is 23.1 Å². The molecule has 2 saturated heterocycles. The Morgan fingerprint density at radius 3 is 2.55 bits per heavy atom. The Bertz CT molecular complexity index is 1430. The molecule has 2 fully saturated rings. The fraction of sp³-hybridized carbons (Fsp3) is 0.286. The number of nitrogens with one attached hydrogen (secondary N) is 1. The minimum Gasteiger partial charge on any atom is -0.339 e. The first-order valence-electron chi connectivity index (χ1n) is 12.7. The summed E-state index contributed by atoms with van der Waals surface area (Å²) in [4.78, 5) is 66.9. The summed E-state index contributed by atoms with van der Waals surface area (Å²) in [5.41, 5.74) is 1.11. The Balaban J connectivity index is 1.33. The van der Waals surface area contributed by atoms with Gasteiger partial charge in [0.15, 0.2) is 5.78 Å². The zero-order valence-electron chi connectivity index (χ0n) is 21.3. The van der Waals surface area contributed by atoms with Gasteiger partial charge in [-0.05, 0) is 29.5 Å². The van der Waals surface area contributed by atoms with Crippen molar-refractivity contribution < 1.29 is 24.1 Å². The maximum atomic E-state index is 13.8. The molecule has 12 heteroatoms. The monoisotopic (exact) mass is 578 g/mol. The van der Waals surface area contributed by atoms with Gasteiger partial charge in [-0.1, -0.05) is 42.5 Å². The highest BCUT2D eigenvalue weighted by atomic mass is 32.2. The summed E-state index contributed by atoms with van der Waals surface area (Å²) in [7, 11) is 0. The van der Waals surface area contributed by atoms with E-state index in [0.717, 1.165) is 5.56 Å². The summed E-state index contributed by atoms with van der Waals surface area (Å²) in [6.45, 7) is -0.00652. The predicted molar refractivity (Wildman–Crippen MR) is 151 cm³/mol. The van der Waals surface area contributed by atoms with Crippen molar-refractivity contribution in [1.29, 1.82) is 0 Å². The van der Waals surface area contributed by atoms with Crippen LogP contribution in [0.15, 0.2) is 71.4 Å². The van der Waals surface area contributed by atoms with Crippen molar-refractivity contribution in [3.8, 4) is 0 Å². The van der Waals surface area contributed by atoms with Crippen LogP contribution in [0.1, 0.15) is 32.7 Å². The maximum absolute atomic E-state index is 13.8. The fourth-order valence-corrected chi connectivity index (χ4v) is 6.83. The molecule has 0 radical (unpaired) electrons. The van der Waals surface area contributed by atoms with E-state index in [1.54, 1.807) is 16.8 Å². The highest BCUT2D eigenvalue weighted by Gasteiger charge is 2.52. The number of fused-ring (bicyclic) bond motifs is 1. The van der Waals surface area contributed by atoms with Gasteiger partial charge in [0.25, 0.3) is 17.5 Å². The third-order valence-corrected chi connectivity index (χ3v) is 8.87. The number of likely N-dealkylation sites (tertiary alicyclic amines) is 2. The molecule has 10 nitrogen and oxygen atoms in total. The molecule has 3 aromatic rings. The van der Waals surface area contributed by atoms with Crippen molar-refractivity contribution in [3.63, 3.8) is 0 Å². The van der Waals surface area contributed by atoms with E-state index in [9.17, 15) is 29.3 Å². The number of nitro benzene ring substituents is 1. The van der Waals surface area contributed by atoms with Crippen LogP contribution in [0.2, 0.25) is 0 Å². The van der Waals surface area contributed by atoms with Gasteiger partial charge >= 0.3 is 0 Å². The molecule has 2 aliphatic heterocycles. The molecule has 1 N–H and O–H groups in total. The van der Waals surface area contributed by atoms with Crippen molar-refractivity contribution in [3.05, 3.63) is 98.2 Å². The van der Waals surface area contributed by atoms with Crippen LogP contribution in [0.5, 0.6) is 0 Å². The van der Waals surface area contributed by atoms with E-state index in [4.69, 9.17) is 0 Å². The third kappa shape index (κ3) is 5.63. The number of carbonyl (C=O) groups is 4. The summed E-state index contributed by atoms with van der Waals surface area (Å²) in [5, 5.41) is 17.8. The van der Waals surface area contributed by atoms with Crippen molar-refractivity contribution in [2.45, 2.75) is 30.3 Å². The molecule has 3 amide bonds. The SMILES string of the molecule is O=C(N[C@@H](CSCc1ccccc1)C(=O)N1CC[C@@H]2[C@H]1C(=O)CN2C(=O)c1ccccc1[N+](=O)[O-])c1ccsc1. The Labute approximate surface area is 238 Å². The van der Waals surface area contributed by atoms with Crippen molar-refractivity contribution in [2.24, 2.45) is 0 Å². The molecule has 3 heterocycles. The van der Waals surface area contributed by atoms with Gasteiger partial charge < -0.3 is 15.1 Å². The molecule has 2 aromatic carbocycles. The Hall–Kier alpha value is -4.03. The lowest BCUT2D eigenvalue weighted by Crippen LogP contribution is -2.53. The Morgan fingerprint density at radius 2 is 1.82 bits per heavy atom. The van der Waals surface area contributed by atoms with E-state index in [2.05, 4.69) is 5.32 Å². The van der Waals surface area contributed by atoms with Crippen LogP contribution in [-0.2, 0) is 15.3 Å². The van der Waals surface area contributed by atoms with Crippen molar-refractivity contribution >= 4 is 52.3 Å². The van der Waals surface area contributed by atoms with Gasteiger partial charge in [0.2, 0.25) is 5.91 Å². The molecule has 1 aromatic heterocycles. The van der Waals surface area contributed by atoms with Gasteiger partial charge in [-0.15, -0.1) is 0 Å². The number of thioether (sulfide) groups is 1. The van der Waals surface area contributed by atoms with Crippen LogP contribution in [0, 0.1) is 10.1 Å². The number of hydrogen-bond acceptors (Lipinski definition) is 8. The number of ketones is 1. The van der Waals surface area contributed by atoms with Crippen LogP contribution in [0.25, 0.3) is 0 Å². The van der Waals surface area contributed by atoms with E-state index in [1.807, 2.05) is 30.3 Å². The highest BCUT2D eigenvalue weighted by Crippen LogP contribution is 2.33. The van der Waals surface area contributed by atoms with Gasteiger partial charge in [0.1, 0.15) is 17.6 Å². The molecule has 0 aliphatic carbocycles. The largest absolute Gasteiger partial charge is 0.339 e. The summed E-state index contributed by atoms with van der Waals surface area (Å²) in [6, 6.07) is 14.7. The zero-order chi connectivity index (χ0) is 28.2. The van der Waals surface area contributed by atoms with E-state index in [1.165, 1.54) is 57.2 Å². The molecule has 0 spiro atoms. The summed E-state index contributed by atoms with van der Waals surface area (Å²) in [6.07, 6.45) is 0.358. The summed E-state index contributed by atoms with van der Waals surface area (Å²) in [5.74, 6) is -0.732. The average molecular weight is 579 g/mol. The molecule has 3 atom stereocenters. The number of rotatable bonds is 9. The fourth-order valence-electron chi connectivity index (χ4n) is 5.19. The van der Waals surface area contributed by atoms with Gasteiger partial charge in [-0.25, -0.2) is 0 Å². The van der Waals surface area contributed by atoms with Gasteiger partial charge in [-0.3, -0.25) is 29.3 Å². The number of Topliss-reactive ketones (excluding diaryl/α,β-unsaturated/α-hetero) is 1. The van der Waals surface area contributed by atoms with Crippen LogP contribution in [0.4, 0.5) is 5.69 Å². The van der Waals surface area contributed by atoms with E-state index in [-0.39, 0.29) is 41.9 Å². The molecular weight excluding hydrogens is 552 g/mol. The van der Waals surface area contributed by atoms with Gasteiger partial charge in [0.05, 0.1) is 23.1 Å². The Kier molecular flexibility index (Phi) is 8.27. The number of nitrogens with zero attached hydrogens (tertiary/aromatic N) is 3. The molecule has 40 heavy (non-hydrogen) atoms. The molecular formula is C28H26N4O6S2. The molecule has 206 valence electrons. The zero-order valence-corrected chi connectivity index (χ0v) is 22.9. The second-order valence-electron chi connectivity index (χ2n) is 9.54. The second kappa shape index (κ2) is 12.0. The van der Waals surface area contributed by atoms with E-state index < -0.39 is 29.0 Å². The van der Waals surface area contributed by atoms with E-state index in [0.29, 0.717) is 23.5 Å². The number of nitro groups is 1. The third-order valence-electron chi connectivity index (χ3n) is 7.08. The lowest BCUT2D eigenvalue weighted by molar-refractivity contribution is -0.385. The number of amides is 3. The smallest absolute Gasteiger partial charge is 0.282 e. The first-order valence-corrected chi connectivity index (χ1v) is 14.8. The molecule has 0 saturated carbocycles. The van der Waals surface area contributed by atoms with Gasteiger partial charge in [-0.2, -0.15) is 23.1 Å². The first kappa shape index (κ1) is 27.5. The molecule has 2 aliphatic rings. The standard InChI is InChI=1S/C28H26N4O6S2/c33-24-14-31(27(35)20-8-4-5-9-22(20)32(37)38)23-10-12-30(25(23)24)28(36)21(29-26(34)19-11-13-39-16-19)17-40-15-18-6-2-1-3-7-18/h1-9,11,13,16,21,23,25H,10,12,14-15,17H2,(H,29,34)/t21-,23+,25-/m0/s1. The highest BCUT2D eigenvalue weighted by molar-refractivity contribution is 7.98. The van der Waals surface area contributed by atoms with Crippen LogP contribution in [0.3, 0.4) is 0 Å². The minimum atomic E-state index is -0.882. The Morgan fingerprint density at radius 1 is 1.07 bits per heavy atom.